The van der Waals surface area contributed by atoms with E-state index in [2.05, 4.69) is 33.3 Å². The summed E-state index contributed by atoms with van der Waals surface area (Å²) in [6.45, 7) is 4.34. The van der Waals surface area contributed by atoms with Gasteiger partial charge in [0.25, 0.3) is 0 Å². The molecule has 0 spiro atoms. The minimum Gasteiger partial charge on any atom is -0.357 e. The van der Waals surface area contributed by atoms with Gasteiger partial charge in [-0.15, -0.1) is 5.10 Å². The van der Waals surface area contributed by atoms with E-state index in [1.54, 1.807) is 0 Å². The van der Waals surface area contributed by atoms with Crippen molar-refractivity contribution in [1.82, 2.24) is 19.7 Å². The maximum atomic E-state index is 13.5. The largest absolute Gasteiger partial charge is 0.357 e. The molecule has 2 aromatic heterocycles. The molecule has 1 saturated carbocycles. The van der Waals surface area contributed by atoms with Crippen LogP contribution in [0.2, 0.25) is 0 Å². The lowest BCUT2D eigenvalue weighted by molar-refractivity contribution is 0.436. The van der Waals surface area contributed by atoms with Gasteiger partial charge in [0.2, 0.25) is 5.95 Å². The van der Waals surface area contributed by atoms with Crippen LogP contribution in [0.25, 0.3) is 5.69 Å². The third-order valence-corrected chi connectivity index (χ3v) is 5.85. The fourth-order valence-corrected chi connectivity index (χ4v) is 3.80. The van der Waals surface area contributed by atoms with Gasteiger partial charge in [0, 0.05) is 42.5 Å². The standard InChI is InChI=1S/C22H24F2N6/c1-14-6-8-29(9-7-14)21-11-16(10-20(27-21)15-2-3-15)26-22-25-13-30(28-22)17-4-5-18(23)19(24)12-17/h4-5,10-15H,2-3,6-9H2,1H3,(H,26,27,28). The third-order valence-electron chi connectivity index (χ3n) is 5.85. The summed E-state index contributed by atoms with van der Waals surface area (Å²) in [5, 5.41) is 7.61. The van der Waals surface area contributed by atoms with Crippen molar-refractivity contribution in [3.8, 4) is 5.69 Å². The van der Waals surface area contributed by atoms with E-state index in [1.807, 2.05) is 6.07 Å². The molecule has 0 unspecified atom stereocenters. The van der Waals surface area contributed by atoms with Crippen LogP contribution >= 0.6 is 0 Å². The van der Waals surface area contributed by atoms with Gasteiger partial charge in [0.05, 0.1) is 5.69 Å². The summed E-state index contributed by atoms with van der Waals surface area (Å²) in [6, 6.07) is 7.74. The number of nitrogens with zero attached hydrogens (tertiary/aromatic N) is 5. The number of aromatic nitrogens is 4. The molecule has 1 saturated heterocycles. The number of nitrogens with one attached hydrogen (secondary N) is 1. The molecule has 3 heterocycles. The van der Waals surface area contributed by atoms with E-state index in [0.29, 0.717) is 17.6 Å². The number of halogens is 2. The van der Waals surface area contributed by atoms with Crippen molar-refractivity contribution in [1.29, 1.82) is 0 Å². The molecule has 0 radical (unpaired) electrons. The van der Waals surface area contributed by atoms with Crippen LogP contribution in [0.4, 0.5) is 26.2 Å². The smallest absolute Gasteiger partial charge is 0.246 e. The van der Waals surface area contributed by atoms with Crippen molar-refractivity contribution >= 4 is 17.5 Å². The van der Waals surface area contributed by atoms with Crippen LogP contribution in [0, 0.1) is 17.6 Å². The molecule has 30 heavy (non-hydrogen) atoms. The Morgan fingerprint density at radius 3 is 2.53 bits per heavy atom. The molecule has 6 nitrogen and oxygen atoms in total. The monoisotopic (exact) mass is 410 g/mol. The first-order chi connectivity index (χ1) is 14.5. The Kier molecular flexibility index (Phi) is 4.84. The van der Waals surface area contributed by atoms with Crippen LogP contribution < -0.4 is 10.2 Å². The first-order valence-electron chi connectivity index (χ1n) is 10.5. The Hall–Kier alpha value is -3.03. The molecule has 8 heteroatoms. The lowest BCUT2D eigenvalue weighted by Crippen LogP contribution is -2.33. The Bertz CT molecular complexity index is 1050. The van der Waals surface area contributed by atoms with E-state index in [0.717, 1.165) is 48.3 Å². The van der Waals surface area contributed by atoms with Gasteiger partial charge in [-0.1, -0.05) is 6.92 Å². The van der Waals surface area contributed by atoms with Gasteiger partial charge >= 0.3 is 0 Å². The Balaban J connectivity index is 1.39. The average Bonchev–Trinajstić information content (AvgIpc) is 3.50. The molecule has 1 aromatic carbocycles. The maximum Gasteiger partial charge on any atom is 0.246 e. The van der Waals surface area contributed by atoms with Gasteiger partial charge in [-0.25, -0.2) is 18.4 Å². The van der Waals surface area contributed by atoms with Gasteiger partial charge in [0.1, 0.15) is 12.1 Å². The second kappa shape index (κ2) is 7.66. The van der Waals surface area contributed by atoms with E-state index in [4.69, 9.17) is 4.98 Å². The Morgan fingerprint density at radius 2 is 1.80 bits per heavy atom. The zero-order valence-electron chi connectivity index (χ0n) is 16.9. The van der Waals surface area contributed by atoms with Crippen LogP contribution in [0.5, 0.6) is 0 Å². The molecule has 2 fully saturated rings. The van der Waals surface area contributed by atoms with E-state index in [-0.39, 0.29) is 0 Å². The van der Waals surface area contributed by atoms with Crippen molar-refractivity contribution in [3.05, 3.63) is 54.0 Å². The fourth-order valence-electron chi connectivity index (χ4n) is 3.80. The molecular formula is C22H24F2N6. The quantitative estimate of drug-likeness (QED) is 0.655. The minimum absolute atomic E-state index is 0.394. The Labute approximate surface area is 174 Å². The second-order valence-corrected chi connectivity index (χ2v) is 8.32. The number of anilines is 3. The molecule has 0 bridgehead atoms. The molecule has 0 atom stereocenters. The summed E-state index contributed by atoms with van der Waals surface area (Å²) in [6.07, 6.45) is 6.19. The SMILES string of the molecule is CC1CCN(c2cc(Nc3ncn(-c4ccc(F)c(F)c4)n3)cc(C3CC3)n2)CC1. The van der Waals surface area contributed by atoms with E-state index < -0.39 is 11.6 Å². The second-order valence-electron chi connectivity index (χ2n) is 8.32. The van der Waals surface area contributed by atoms with E-state index in [1.165, 1.54) is 42.8 Å². The molecule has 3 aromatic rings. The Morgan fingerprint density at radius 1 is 1.00 bits per heavy atom. The fraction of sp³-hybridized carbons (Fsp3) is 0.409. The molecular weight excluding hydrogens is 386 g/mol. The molecule has 1 aliphatic carbocycles. The molecule has 1 aliphatic heterocycles. The third kappa shape index (κ3) is 3.99. The highest BCUT2D eigenvalue weighted by molar-refractivity contribution is 5.60. The summed E-state index contributed by atoms with van der Waals surface area (Å²) in [5.41, 5.74) is 2.41. The maximum absolute atomic E-state index is 13.5. The van der Waals surface area contributed by atoms with Crippen molar-refractivity contribution in [2.45, 2.75) is 38.5 Å². The highest BCUT2D eigenvalue weighted by atomic mass is 19.2. The number of pyridine rings is 1. The van der Waals surface area contributed by atoms with E-state index in [9.17, 15) is 8.78 Å². The minimum atomic E-state index is -0.916. The summed E-state index contributed by atoms with van der Waals surface area (Å²) in [4.78, 5) is 11.5. The normalized spacial score (nSPS) is 17.4. The van der Waals surface area contributed by atoms with Crippen molar-refractivity contribution in [2.75, 3.05) is 23.3 Å². The highest BCUT2D eigenvalue weighted by Gasteiger charge is 2.27. The predicted octanol–water partition coefficient (Wildman–Crippen LogP) is 4.80. The summed E-state index contributed by atoms with van der Waals surface area (Å²) in [5.74, 6) is 0.874. The summed E-state index contributed by atoms with van der Waals surface area (Å²) < 4.78 is 28.1. The lowest BCUT2D eigenvalue weighted by atomic mass is 9.99. The number of piperidine rings is 1. The van der Waals surface area contributed by atoms with Crippen LogP contribution in [0.3, 0.4) is 0 Å². The average molecular weight is 410 g/mol. The topological polar surface area (TPSA) is 58.9 Å². The number of hydrogen-bond acceptors (Lipinski definition) is 5. The molecule has 1 N–H and O–H groups in total. The van der Waals surface area contributed by atoms with Gasteiger partial charge in [-0.3, -0.25) is 0 Å². The van der Waals surface area contributed by atoms with Crippen molar-refractivity contribution < 1.29 is 8.78 Å². The first kappa shape index (κ1) is 19.0. The molecule has 2 aliphatic rings. The number of hydrogen-bond donors (Lipinski definition) is 1. The van der Waals surface area contributed by atoms with Gasteiger partial charge in [-0.2, -0.15) is 4.98 Å². The van der Waals surface area contributed by atoms with Gasteiger partial charge in [-0.05, 0) is 49.8 Å². The molecule has 0 amide bonds. The van der Waals surface area contributed by atoms with Gasteiger partial charge in [0.15, 0.2) is 11.6 Å². The van der Waals surface area contributed by atoms with Crippen LogP contribution in [0.1, 0.15) is 44.2 Å². The van der Waals surface area contributed by atoms with E-state index >= 15 is 0 Å². The zero-order valence-corrected chi connectivity index (χ0v) is 16.9. The van der Waals surface area contributed by atoms with Crippen LogP contribution in [0.15, 0.2) is 36.7 Å². The molecule has 156 valence electrons. The zero-order chi connectivity index (χ0) is 20.7. The lowest BCUT2D eigenvalue weighted by Gasteiger charge is -2.31. The predicted molar refractivity (Wildman–Crippen MR) is 111 cm³/mol. The number of rotatable bonds is 5. The van der Waals surface area contributed by atoms with Gasteiger partial charge < -0.3 is 10.2 Å². The number of benzene rings is 1. The molecule has 5 rings (SSSR count). The summed E-state index contributed by atoms with van der Waals surface area (Å²) in [7, 11) is 0. The van der Waals surface area contributed by atoms with Crippen molar-refractivity contribution in [3.63, 3.8) is 0 Å². The van der Waals surface area contributed by atoms with Crippen molar-refractivity contribution in [2.24, 2.45) is 5.92 Å². The van der Waals surface area contributed by atoms with Crippen LogP contribution in [-0.4, -0.2) is 32.8 Å². The highest BCUT2D eigenvalue weighted by Crippen LogP contribution is 2.41. The summed E-state index contributed by atoms with van der Waals surface area (Å²) >= 11 is 0. The van der Waals surface area contributed by atoms with Crippen LogP contribution in [-0.2, 0) is 0 Å². The first-order valence-corrected chi connectivity index (χ1v) is 10.5.